The molecule has 0 radical (unpaired) electrons. The van der Waals surface area contributed by atoms with Gasteiger partial charge in [-0.25, -0.2) is 5.14 Å². The van der Waals surface area contributed by atoms with Crippen LogP contribution < -0.4 is 10.5 Å². The van der Waals surface area contributed by atoms with Gasteiger partial charge in [-0.05, 0) is 0 Å². The Kier molecular flexibility index (Phi) is 4.31. The molecule has 13 heavy (non-hydrogen) atoms. The first kappa shape index (κ1) is 12.3. The zero-order valence-corrected chi connectivity index (χ0v) is 8.76. The van der Waals surface area contributed by atoms with E-state index in [0.717, 1.165) is 4.31 Å². The second kappa shape index (κ2) is 4.54. The Labute approximate surface area is 78.3 Å². The lowest BCUT2D eigenvalue weighted by Gasteiger charge is -2.17. The molecule has 7 heteroatoms. The molecule has 0 aromatic rings. The van der Waals surface area contributed by atoms with Crippen LogP contribution in [0.25, 0.3) is 0 Å². The maximum atomic E-state index is 11.0. The third-order valence-electron chi connectivity index (χ3n) is 1.66. The summed E-state index contributed by atoms with van der Waals surface area (Å²) in [6.07, 6.45) is 0. The summed E-state index contributed by atoms with van der Waals surface area (Å²) < 4.78 is 22.4. The van der Waals surface area contributed by atoms with Crippen molar-refractivity contribution >= 4 is 16.1 Å². The van der Waals surface area contributed by atoms with Gasteiger partial charge in [0, 0.05) is 26.6 Å². The molecule has 0 aromatic carbocycles. The van der Waals surface area contributed by atoms with Gasteiger partial charge in [0.1, 0.15) is 0 Å². The van der Waals surface area contributed by atoms with Crippen molar-refractivity contribution in [2.75, 3.05) is 20.6 Å². The molecule has 0 aliphatic heterocycles. The summed E-state index contributed by atoms with van der Waals surface area (Å²) in [6, 6.07) is 0. The monoisotopic (exact) mass is 209 g/mol. The Morgan fingerprint density at radius 3 is 2.38 bits per heavy atom. The number of hydrogen-bond donors (Lipinski definition) is 2. The SMILES string of the molecule is CNC(=O)C(C)CN(C)S(N)(=O)=O. The van der Waals surface area contributed by atoms with Crippen molar-refractivity contribution in [1.82, 2.24) is 9.62 Å². The minimum Gasteiger partial charge on any atom is -0.359 e. The van der Waals surface area contributed by atoms with Crippen molar-refractivity contribution < 1.29 is 13.2 Å². The van der Waals surface area contributed by atoms with E-state index in [1.165, 1.54) is 14.1 Å². The van der Waals surface area contributed by atoms with E-state index in [4.69, 9.17) is 5.14 Å². The zero-order chi connectivity index (χ0) is 10.6. The highest BCUT2D eigenvalue weighted by molar-refractivity contribution is 7.86. The standard InChI is InChI=1S/C6H15N3O3S/c1-5(6(10)8-2)4-9(3)13(7,11)12/h5H,4H2,1-3H3,(H,8,10)(H2,7,11,12). The molecule has 0 aromatic heterocycles. The van der Waals surface area contributed by atoms with Crippen molar-refractivity contribution in [2.45, 2.75) is 6.92 Å². The molecule has 0 saturated carbocycles. The first-order chi connectivity index (χ1) is 5.79. The van der Waals surface area contributed by atoms with E-state index in [2.05, 4.69) is 5.32 Å². The maximum Gasteiger partial charge on any atom is 0.276 e. The van der Waals surface area contributed by atoms with Crippen LogP contribution in [0.1, 0.15) is 6.92 Å². The van der Waals surface area contributed by atoms with Gasteiger partial charge < -0.3 is 5.32 Å². The Hall–Kier alpha value is -0.660. The van der Waals surface area contributed by atoms with E-state index in [0.29, 0.717) is 0 Å². The average molecular weight is 209 g/mol. The van der Waals surface area contributed by atoms with Crippen molar-refractivity contribution in [3.05, 3.63) is 0 Å². The van der Waals surface area contributed by atoms with Gasteiger partial charge in [0.2, 0.25) is 5.91 Å². The highest BCUT2D eigenvalue weighted by atomic mass is 32.2. The summed E-state index contributed by atoms with van der Waals surface area (Å²) >= 11 is 0. The van der Waals surface area contributed by atoms with E-state index in [9.17, 15) is 13.2 Å². The van der Waals surface area contributed by atoms with Crippen molar-refractivity contribution in [1.29, 1.82) is 0 Å². The number of amides is 1. The normalized spacial score (nSPS) is 14.2. The molecule has 0 fully saturated rings. The molecule has 1 atom stereocenters. The molecule has 0 heterocycles. The van der Waals surface area contributed by atoms with E-state index in [1.54, 1.807) is 6.92 Å². The van der Waals surface area contributed by atoms with Crippen molar-refractivity contribution in [3.63, 3.8) is 0 Å². The number of hydrogen-bond acceptors (Lipinski definition) is 3. The maximum absolute atomic E-state index is 11.0. The number of nitrogens with two attached hydrogens (primary N) is 1. The minimum atomic E-state index is -3.69. The predicted octanol–water partition coefficient (Wildman–Crippen LogP) is -1.50. The van der Waals surface area contributed by atoms with Gasteiger partial charge in [0.15, 0.2) is 0 Å². The Morgan fingerprint density at radius 2 is 2.08 bits per heavy atom. The largest absolute Gasteiger partial charge is 0.359 e. The molecule has 0 aliphatic rings. The van der Waals surface area contributed by atoms with Crippen molar-refractivity contribution in [3.8, 4) is 0 Å². The summed E-state index contributed by atoms with van der Waals surface area (Å²) in [7, 11) is -0.862. The van der Waals surface area contributed by atoms with Gasteiger partial charge in [-0.2, -0.15) is 12.7 Å². The van der Waals surface area contributed by atoms with Crippen LogP contribution in [0.15, 0.2) is 0 Å². The Bertz CT molecular complexity index is 275. The van der Waals surface area contributed by atoms with Crippen molar-refractivity contribution in [2.24, 2.45) is 11.1 Å². The molecule has 0 bridgehead atoms. The Morgan fingerprint density at radius 1 is 1.62 bits per heavy atom. The summed E-state index contributed by atoms with van der Waals surface area (Å²) in [5.74, 6) is -0.621. The quantitative estimate of drug-likeness (QED) is 0.590. The van der Waals surface area contributed by atoms with Crippen LogP contribution in [0, 0.1) is 5.92 Å². The fourth-order valence-corrected chi connectivity index (χ4v) is 1.25. The molecule has 0 saturated heterocycles. The summed E-state index contributed by atoms with van der Waals surface area (Å²) in [6.45, 7) is 1.71. The number of nitrogens with zero attached hydrogens (tertiary/aromatic N) is 1. The van der Waals surface area contributed by atoms with Gasteiger partial charge in [0.25, 0.3) is 10.2 Å². The van der Waals surface area contributed by atoms with Crippen LogP contribution in [-0.4, -0.2) is 39.3 Å². The summed E-state index contributed by atoms with van der Waals surface area (Å²) in [5, 5.41) is 7.26. The molecule has 1 unspecified atom stereocenters. The molecule has 1 amide bonds. The smallest absolute Gasteiger partial charge is 0.276 e. The van der Waals surface area contributed by atoms with E-state index >= 15 is 0 Å². The van der Waals surface area contributed by atoms with Crippen LogP contribution in [0.2, 0.25) is 0 Å². The number of carbonyl (C=O) groups excluding carboxylic acids is 1. The second-order valence-electron chi connectivity index (χ2n) is 2.84. The molecular weight excluding hydrogens is 194 g/mol. The van der Waals surface area contributed by atoms with Gasteiger partial charge in [0.05, 0.1) is 0 Å². The predicted molar refractivity (Wildman–Crippen MR) is 49.0 cm³/mol. The molecule has 6 nitrogen and oxygen atoms in total. The molecule has 0 rings (SSSR count). The molecule has 78 valence electrons. The number of carbonyl (C=O) groups is 1. The second-order valence-corrected chi connectivity index (χ2v) is 4.49. The molecule has 3 N–H and O–H groups in total. The first-order valence-electron chi connectivity index (χ1n) is 3.74. The highest BCUT2D eigenvalue weighted by Gasteiger charge is 2.18. The van der Waals surface area contributed by atoms with Gasteiger partial charge >= 0.3 is 0 Å². The van der Waals surface area contributed by atoms with E-state index in [1.807, 2.05) is 0 Å². The van der Waals surface area contributed by atoms with Gasteiger partial charge in [-0.3, -0.25) is 4.79 Å². The fourth-order valence-electron chi connectivity index (χ4n) is 0.819. The van der Waals surface area contributed by atoms with E-state index in [-0.39, 0.29) is 12.5 Å². The van der Waals surface area contributed by atoms with Crippen LogP contribution in [0.3, 0.4) is 0 Å². The topological polar surface area (TPSA) is 92.5 Å². The van der Waals surface area contributed by atoms with E-state index < -0.39 is 16.1 Å². The van der Waals surface area contributed by atoms with Crippen LogP contribution in [0.4, 0.5) is 0 Å². The third-order valence-corrected chi connectivity index (χ3v) is 2.68. The lowest BCUT2D eigenvalue weighted by atomic mass is 10.2. The fraction of sp³-hybridized carbons (Fsp3) is 0.833. The van der Waals surface area contributed by atoms with Crippen LogP contribution >= 0.6 is 0 Å². The summed E-state index contributed by atoms with van der Waals surface area (Å²) in [5.41, 5.74) is 0. The highest BCUT2D eigenvalue weighted by Crippen LogP contribution is 1.99. The third kappa shape index (κ3) is 4.20. The molecule has 0 aliphatic carbocycles. The van der Waals surface area contributed by atoms with Gasteiger partial charge in [-0.1, -0.05) is 6.92 Å². The number of nitrogens with one attached hydrogen (secondary N) is 1. The minimum absolute atomic E-state index is 0.0819. The Balaban J connectivity index is 4.23. The first-order valence-corrected chi connectivity index (χ1v) is 5.25. The molecular formula is C6H15N3O3S. The average Bonchev–Trinajstić information content (AvgIpc) is 2.01. The zero-order valence-electron chi connectivity index (χ0n) is 7.94. The summed E-state index contributed by atoms with van der Waals surface area (Å²) in [4.78, 5) is 11.0. The lowest BCUT2D eigenvalue weighted by molar-refractivity contribution is -0.124. The molecule has 0 spiro atoms. The lowest BCUT2D eigenvalue weighted by Crippen LogP contribution is -2.40. The van der Waals surface area contributed by atoms with Crippen LogP contribution in [0.5, 0.6) is 0 Å². The number of rotatable bonds is 4. The van der Waals surface area contributed by atoms with Crippen LogP contribution in [-0.2, 0) is 15.0 Å². The van der Waals surface area contributed by atoms with Gasteiger partial charge in [-0.15, -0.1) is 0 Å².